The van der Waals surface area contributed by atoms with Crippen LogP contribution in [0.25, 0.3) is 0 Å². The van der Waals surface area contributed by atoms with Gasteiger partial charge in [0, 0.05) is 34.8 Å². The molecule has 0 spiro atoms. The van der Waals surface area contributed by atoms with E-state index < -0.39 is 10.0 Å². The minimum absolute atomic E-state index is 0.165. The van der Waals surface area contributed by atoms with Crippen molar-refractivity contribution >= 4 is 32.1 Å². The molecule has 18 heavy (non-hydrogen) atoms. The fraction of sp³-hybridized carbons (Fsp3) is 0.364. The van der Waals surface area contributed by atoms with Crippen LogP contribution in [0.1, 0.15) is 23.2 Å². The van der Waals surface area contributed by atoms with Gasteiger partial charge in [-0.1, -0.05) is 6.07 Å². The first kappa shape index (κ1) is 13.5. The van der Waals surface area contributed by atoms with Crippen LogP contribution < -0.4 is 4.34 Å². The average Bonchev–Trinajstić information content (AvgIpc) is 2.92. The Balaban J connectivity index is 2.35. The van der Waals surface area contributed by atoms with Gasteiger partial charge in [0.15, 0.2) is 0 Å². The highest BCUT2D eigenvalue weighted by molar-refractivity contribution is 9.08. The lowest BCUT2D eigenvalue weighted by molar-refractivity contribution is 0.0986. The summed E-state index contributed by atoms with van der Waals surface area (Å²) < 4.78 is 28.3. The molecular formula is C11H13BrN2O3S. The summed E-state index contributed by atoms with van der Waals surface area (Å²) in [5, 5.41) is 0. The van der Waals surface area contributed by atoms with Gasteiger partial charge in [0.25, 0.3) is 5.91 Å². The number of rotatable bonds is 3. The van der Waals surface area contributed by atoms with Gasteiger partial charge in [-0.05, 0) is 31.0 Å². The average molecular weight is 333 g/mol. The third-order valence-electron chi connectivity index (χ3n) is 2.88. The van der Waals surface area contributed by atoms with Crippen LogP contribution >= 0.6 is 16.1 Å². The predicted molar refractivity (Wildman–Crippen MR) is 70.8 cm³/mol. The Labute approximate surface area is 115 Å². The Morgan fingerprint density at radius 2 is 1.94 bits per heavy atom. The van der Waals surface area contributed by atoms with Gasteiger partial charge in [-0.25, -0.2) is 8.42 Å². The summed E-state index contributed by atoms with van der Waals surface area (Å²) in [7, 11) is -3.46. The molecular weight excluding hydrogens is 320 g/mol. The van der Waals surface area contributed by atoms with Crippen LogP contribution in [0.2, 0.25) is 0 Å². The van der Waals surface area contributed by atoms with Gasteiger partial charge in [-0.15, -0.1) is 0 Å². The summed E-state index contributed by atoms with van der Waals surface area (Å²) in [4.78, 5) is 11.6. The fourth-order valence-corrected chi connectivity index (χ4v) is 3.72. The summed E-state index contributed by atoms with van der Waals surface area (Å²) >= 11 is 2.83. The number of benzene rings is 1. The zero-order chi connectivity index (χ0) is 13.2. The van der Waals surface area contributed by atoms with Crippen molar-refractivity contribution in [2.75, 3.05) is 13.1 Å². The van der Waals surface area contributed by atoms with Gasteiger partial charge in [0.05, 0.1) is 4.90 Å². The maximum atomic E-state index is 12.3. The molecule has 7 heteroatoms. The van der Waals surface area contributed by atoms with Crippen LogP contribution in [0.15, 0.2) is 29.2 Å². The van der Waals surface area contributed by atoms with Crippen LogP contribution in [0.5, 0.6) is 0 Å². The molecule has 5 nitrogen and oxygen atoms in total. The van der Waals surface area contributed by atoms with Crippen molar-refractivity contribution in [1.29, 1.82) is 0 Å². The van der Waals surface area contributed by atoms with Crippen LogP contribution in [-0.4, -0.2) is 31.7 Å². The molecule has 1 N–H and O–H groups in total. The number of hydrogen-bond donors (Lipinski definition) is 1. The molecule has 1 amide bonds. The van der Waals surface area contributed by atoms with Crippen molar-refractivity contribution < 1.29 is 13.2 Å². The summed E-state index contributed by atoms with van der Waals surface area (Å²) in [6.07, 6.45) is 1.78. The van der Waals surface area contributed by atoms with Gasteiger partial charge >= 0.3 is 0 Å². The standard InChI is InChI=1S/C11H13BrN2O3S/c12-13-11(15)9-4-3-5-10(8-9)18(16,17)14-6-1-2-7-14/h3-5,8H,1-2,6-7H2,(H,13,15). The molecule has 0 saturated carbocycles. The van der Waals surface area contributed by atoms with Crippen molar-refractivity contribution in [1.82, 2.24) is 8.65 Å². The highest BCUT2D eigenvalue weighted by Crippen LogP contribution is 2.21. The minimum Gasteiger partial charge on any atom is -0.289 e. The number of nitrogens with zero attached hydrogens (tertiary/aromatic N) is 1. The summed E-state index contributed by atoms with van der Waals surface area (Å²) in [6.45, 7) is 1.11. The van der Waals surface area contributed by atoms with Gasteiger partial charge in [-0.2, -0.15) is 4.31 Å². The molecule has 1 aromatic carbocycles. The first-order valence-electron chi connectivity index (χ1n) is 5.57. The number of carbonyl (C=O) groups is 1. The molecule has 98 valence electrons. The molecule has 0 atom stereocenters. The third kappa shape index (κ3) is 2.57. The third-order valence-corrected chi connectivity index (χ3v) is 5.14. The second kappa shape index (κ2) is 5.38. The second-order valence-corrected chi connectivity index (χ2v) is 6.40. The van der Waals surface area contributed by atoms with Crippen molar-refractivity contribution in [3.05, 3.63) is 29.8 Å². The SMILES string of the molecule is O=C(NBr)c1cccc(S(=O)(=O)N2CCCC2)c1. The van der Waals surface area contributed by atoms with Gasteiger partial charge in [0.1, 0.15) is 0 Å². The number of hydrogen-bond acceptors (Lipinski definition) is 3. The summed E-state index contributed by atoms with van der Waals surface area (Å²) in [6, 6.07) is 6.04. The zero-order valence-corrected chi connectivity index (χ0v) is 12.0. The first-order chi connectivity index (χ1) is 8.55. The number of sulfonamides is 1. The maximum Gasteiger partial charge on any atom is 0.261 e. The normalized spacial score (nSPS) is 16.7. The number of amides is 1. The summed E-state index contributed by atoms with van der Waals surface area (Å²) in [5.74, 6) is -0.367. The van der Waals surface area contributed by atoms with E-state index in [4.69, 9.17) is 0 Å². The molecule has 0 aliphatic carbocycles. The van der Waals surface area contributed by atoms with E-state index in [9.17, 15) is 13.2 Å². The topological polar surface area (TPSA) is 66.5 Å². The molecule has 1 saturated heterocycles. The lowest BCUT2D eigenvalue weighted by Gasteiger charge is -2.15. The molecule has 0 radical (unpaired) electrons. The second-order valence-electron chi connectivity index (χ2n) is 4.06. The van der Waals surface area contributed by atoms with Crippen molar-refractivity contribution in [3.8, 4) is 0 Å². The molecule has 0 bridgehead atoms. The minimum atomic E-state index is -3.46. The zero-order valence-electron chi connectivity index (χ0n) is 9.60. The van der Waals surface area contributed by atoms with E-state index in [0.29, 0.717) is 18.7 Å². The van der Waals surface area contributed by atoms with E-state index in [2.05, 4.69) is 20.5 Å². The van der Waals surface area contributed by atoms with Crippen LogP contribution in [0.3, 0.4) is 0 Å². The van der Waals surface area contributed by atoms with Gasteiger partial charge in [-0.3, -0.25) is 9.14 Å². The van der Waals surface area contributed by atoms with Crippen molar-refractivity contribution in [2.24, 2.45) is 0 Å². The van der Waals surface area contributed by atoms with Crippen molar-refractivity contribution in [2.45, 2.75) is 17.7 Å². The van der Waals surface area contributed by atoms with Crippen LogP contribution in [0, 0.1) is 0 Å². The molecule has 1 fully saturated rings. The van der Waals surface area contributed by atoms with Gasteiger partial charge in [0.2, 0.25) is 10.0 Å². The Bertz CT molecular complexity index is 553. The predicted octanol–water partition coefficient (Wildman–Crippen LogP) is 1.51. The van der Waals surface area contributed by atoms with E-state index in [0.717, 1.165) is 12.8 Å². The van der Waals surface area contributed by atoms with E-state index in [1.165, 1.54) is 16.4 Å². The summed E-state index contributed by atoms with van der Waals surface area (Å²) in [5.41, 5.74) is 0.312. The molecule has 0 unspecified atom stereocenters. The number of carbonyl (C=O) groups excluding carboxylic acids is 1. The highest BCUT2D eigenvalue weighted by atomic mass is 79.9. The van der Waals surface area contributed by atoms with Crippen molar-refractivity contribution in [3.63, 3.8) is 0 Å². The monoisotopic (exact) mass is 332 g/mol. The molecule has 1 aromatic rings. The molecule has 1 aliphatic rings. The highest BCUT2D eigenvalue weighted by Gasteiger charge is 2.27. The molecule has 0 aromatic heterocycles. The Morgan fingerprint density at radius 1 is 1.28 bits per heavy atom. The lowest BCUT2D eigenvalue weighted by Crippen LogP contribution is -2.28. The maximum absolute atomic E-state index is 12.3. The fourth-order valence-electron chi connectivity index (χ4n) is 1.93. The van der Waals surface area contributed by atoms with E-state index in [-0.39, 0.29) is 10.8 Å². The Kier molecular flexibility index (Phi) is 4.04. The number of halogens is 1. The van der Waals surface area contributed by atoms with Crippen LogP contribution in [-0.2, 0) is 10.0 Å². The van der Waals surface area contributed by atoms with E-state index >= 15 is 0 Å². The number of nitrogens with one attached hydrogen (secondary N) is 1. The lowest BCUT2D eigenvalue weighted by atomic mass is 10.2. The Morgan fingerprint density at radius 3 is 2.56 bits per heavy atom. The van der Waals surface area contributed by atoms with E-state index in [1.54, 1.807) is 12.1 Å². The largest absolute Gasteiger partial charge is 0.289 e. The smallest absolute Gasteiger partial charge is 0.261 e. The molecule has 1 heterocycles. The van der Waals surface area contributed by atoms with Crippen LogP contribution in [0.4, 0.5) is 0 Å². The van der Waals surface area contributed by atoms with E-state index in [1.807, 2.05) is 0 Å². The Hall–Kier alpha value is -0.920. The molecule has 1 aliphatic heterocycles. The quantitative estimate of drug-likeness (QED) is 0.853. The molecule has 2 rings (SSSR count). The first-order valence-corrected chi connectivity index (χ1v) is 7.80. The van der Waals surface area contributed by atoms with Gasteiger partial charge < -0.3 is 0 Å².